The lowest BCUT2D eigenvalue weighted by Gasteiger charge is -2.39. The second-order valence-electron chi connectivity index (χ2n) is 6.68. The number of nitrogens with zero attached hydrogens (tertiary/aromatic N) is 2. The van der Waals surface area contributed by atoms with Crippen molar-refractivity contribution in [1.29, 1.82) is 0 Å². The van der Waals surface area contributed by atoms with Gasteiger partial charge in [-0.05, 0) is 37.8 Å². The average molecular weight is 332 g/mol. The summed E-state index contributed by atoms with van der Waals surface area (Å²) in [6, 6.07) is -0.722. The fraction of sp³-hybridized carbons (Fsp3) is 0.857. The number of carbonyl (C=O) groups excluding carboxylic acids is 1. The van der Waals surface area contributed by atoms with Crippen LogP contribution in [0, 0.1) is 5.41 Å². The second kappa shape index (κ2) is 6.16. The van der Waals surface area contributed by atoms with Crippen molar-refractivity contribution in [2.45, 2.75) is 32.2 Å². The molecule has 2 aliphatic heterocycles. The van der Waals surface area contributed by atoms with Gasteiger partial charge in [-0.2, -0.15) is 0 Å². The van der Waals surface area contributed by atoms with E-state index in [1.54, 1.807) is 0 Å². The van der Waals surface area contributed by atoms with E-state index in [0.717, 1.165) is 25.9 Å². The Hall–Kier alpha value is -1.15. The summed E-state index contributed by atoms with van der Waals surface area (Å²) in [5, 5.41) is 9.30. The lowest BCUT2D eigenvalue weighted by atomic mass is 9.76. The predicted molar refractivity (Wildman–Crippen MR) is 81.2 cm³/mol. The van der Waals surface area contributed by atoms with E-state index in [1.807, 2.05) is 0 Å². The van der Waals surface area contributed by atoms with Crippen LogP contribution in [-0.2, 0) is 19.4 Å². The van der Waals surface area contributed by atoms with Crippen LogP contribution in [0.15, 0.2) is 0 Å². The summed E-state index contributed by atoms with van der Waals surface area (Å²) in [5.74, 6) is -0.979. The smallest absolute Gasteiger partial charge is 0.326 e. The standard InChI is InChI=1S/C14H24N2O5S/c1-11(17)16-10-14(9-12(16)13(18)19)3-5-15(6-4-14)7-8-22(2,20)21/h12H,3-10H2,1-2H3,(H,18,19)/t12-/m0/s1. The van der Waals surface area contributed by atoms with Crippen LogP contribution >= 0.6 is 0 Å². The zero-order valence-corrected chi connectivity index (χ0v) is 13.9. The van der Waals surface area contributed by atoms with Crippen LogP contribution in [0.2, 0.25) is 0 Å². The van der Waals surface area contributed by atoms with Gasteiger partial charge in [-0.25, -0.2) is 13.2 Å². The number of carboxylic acids is 1. The van der Waals surface area contributed by atoms with Crippen molar-refractivity contribution in [3.63, 3.8) is 0 Å². The molecule has 2 aliphatic rings. The fourth-order valence-corrected chi connectivity index (χ4v) is 4.11. The predicted octanol–water partition coefficient (Wildman–Crippen LogP) is -0.181. The lowest BCUT2D eigenvalue weighted by molar-refractivity contribution is -0.147. The highest BCUT2D eigenvalue weighted by molar-refractivity contribution is 7.90. The van der Waals surface area contributed by atoms with Gasteiger partial charge in [0, 0.05) is 26.3 Å². The van der Waals surface area contributed by atoms with E-state index in [1.165, 1.54) is 18.1 Å². The normalized spacial score (nSPS) is 25.5. The molecule has 0 bridgehead atoms. The summed E-state index contributed by atoms with van der Waals surface area (Å²) >= 11 is 0. The van der Waals surface area contributed by atoms with Crippen molar-refractivity contribution in [3.8, 4) is 0 Å². The van der Waals surface area contributed by atoms with Crippen LogP contribution in [0.4, 0.5) is 0 Å². The topological polar surface area (TPSA) is 95.0 Å². The molecular weight excluding hydrogens is 308 g/mol. The van der Waals surface area contributed by atoms with Crippen LogP contribution in [0.5, 0.6) is 0 Å². The second-order valence-corrected chi connectivity index (χ2v) is 8.94. The molecule has 1 spiro atoms. The molecule has 0 aromatic heterocycles. The van der Waals surface area contributed by atoms with E-state index in [9.17, 15) is 23.1 Å². The number of likely N-dealkylation sites (tertiary alicyclic amines) is 2. The summed E-state index contributed by atoms with van der Waals surface area (Å²) in [5.41, 5.74) is -0.129. The van der Waals surface area contributed by atoms with Crippen LogP contribution in [0.1, 0.15) is 26.2 Å². The van der Waals surface area contributed by atoms with Gasteiger partial charge in [0.15, 0.2) is 0 Å². The number of carboxylic acid groups (broad SMARTS) is 1. The maximum absolute atomic E-state index is 11.6. The minimum atomic E-state index is -2.96. The number of aliphatic carboxylic acids is 1. The van der Waals surface area contributed by atoms with Crippen molar-refractivity contribution in [2.75, 3.05) is 38.2 Å². The SMILES string of the molecule is CC(=O)N1CC2(CCN(CCS(C)(=O)=O)CC2)C[C@H]1C(=O)O. The first-order valence-electron chi connectivity index (χ1n) is 7.52. The Labute approximate surface area is 131 Å². The minimum Gasteiger partial charge on any atom is -0.480 e. The van der Waals surface area contributed by atoms with Crippen molar-refractivity contribution < 1.29 is 23.1 Å². The van der Waals surface area contributed by atoms with Gasteiger partial charge in [0.25, 0.3) is 0 Å². The summed E-state index contributed by atoms with van der Waals surface area (Å²) in [4.78, 5) is 26.6. The molecule has 0 radical (unpaired) electrons. The molecule has 0 saturated carbocycles. The number of piperidine rings is 1. The Bertz CT molecular complexity index is 528. The Morgan fingerprint density at radius 2 is 1.86 bits per heavy atom. The van der Waals surface area contributed by atoms with E-state index in [0.29, 0.717) is 19.5 Å². The molecule has 0 aliphatic carbocycles. The van der Waals surface area contributed by atoms with Crippen molar-refractivity contribution in [2.24, 2.45) is 5.41 Å². The number of amides is 1. The largest absolute Gasteiger partial charge is 0.480 e. The van der Waals surface area contributed by atoms with E-state index >= 15 is 0 Å². The van der Waals surface area contributed by atoms with Crippen LogP contribution in [0.3, 0.4) is 0 Å². The molecule has 7 nitrogen and oxygen atoms in total. The van der Waals surface area contributed by atoms with E-state index in [2.05, 4.69) is 4.90 Å². The number of sulfone groups is 1. The number of hydrogen-bond donors (Lipinski definition) is 1. The summed E-state index contributed by atoms with van der Waals surface area (Å²) < 4.78 is 22.4. The third kappa shape index (κ3) is 3.98. The highest BCUT2D eigenvalue weighted by Gasteiger charge is 2.48. The summed E-state index contributed by atoms with van der Waals surface area (Å²) in [6.45, 7) is 3.95. The van der Waals surface area contributed by atoms with Gasteiger partial charge in [0.2, 0.25) is 5.91 Å². The highest BCUT2D eigenvalue weighted by atomic mass is 32.2. The first-order chi connectivity index (χ1) is 10.1. The van der Waals surface area contributed by atoms with Gasteiger partial charge in [-0.15, -0.1) is 0 Å². The van der Waals surface area contributed by atoms with E-state index in [4.69, 9.17) is 0 Å². The Kier molecular flexibility index (Phi) is 4.81. The van der Waals surface area contributed by atoms with Gasteiger partial charge in [0.1, 0.15) is 15.9 Å². The maximum atomic E-state index is 11.6. The van der Waals surface area contributed by atoms with Crippen LogP contribution < -0.4 is 0 Å². The van der Waals surface area contributed by atoms with Crippen molar-refractivity contribution in [3.05, 3.63) is 0 Å². The molecule has 2 fully saturated rings. The van der Waals surface area contributed by atoms with E-state index < -0.39 is 21.8 Å². The minimum absolute atomic E-state index is 0.129. The van der Waals surface area contributed by atoms with Gasteiger partial charge >= 0.3 is 5.97 Å². The average Bonchev–Trinajstić information content (AvgIpc) is 2.77. The van der Waals surface area contributed by atoms with Crippen molar-refractivity contribution in [1.82, 2.24) is 9.80 Å². The summed E-state index contributed by atoms with van der Waals surface area (Å²) in [7, 11) is -2.96. The Morgan fingerprint density at radius 1 is 1.27 bits per heavy atom. The van der Waals surface area contributed by atoms with Gasteiger partial charge in [0.05, 0.1) is 5.75 Å². The summed E-state index contributed by atoms with van der Waals surface area (Å²) in [6.07, 6.45) is 3.36. The number of carbonyl (C=O) groups is 2. The van der Waals surface area contributed by atoms with Crippen molar-refractivity contribution >= 4 is 21.7 Å². The van der Waals surface area contributed by atoms with Crippen LogP contribution in [-0.4, -0.2) is 79.4 Å². The van der Waals surface area contributed by atoms with Gasteiger partial charge < -0.3 is 14.9 Å². The third-order valence-corrected chi connectivity index (χ3v) is 5.82. The molecule has 22 heavy (non-hydrogen) atoms. The maximum Gasteiger partial charge on any atom is 0.326 e. The molecule has 126 valence electrons. The Morgan fingerprint density at radius 3 is 2.27 bits per heavy atom. The zero-order valence-electron chi connectivity index (χ0n) is 13.1. The molecule has 2 saturated heterocycles. The molecule has 1 N–H and O–H groups in total. The molecule has 8 heteroatoms. The van der Waals surface area contributed by atoms with Crippen LogP contribution in [0.25, 0.3) is 0 Å². The molecule has 1 amide bonds. The first-order valence-corrected chi connectivity index (χ1v) is 9.58. The number of hydrogen-bond acceptors (Lipinski definition) is 5. The molecule has 1 atom stereocenters. The van der Waals surface area contributed by atoms with Gasteiger partial charge in [-0.3, -0.25) is 4.79 Å². The molecule has 0 aromatic rings. The third-order valence-electron chi connectivity index (χ3n) is 4.89. The molecule has 2 heterocycles. The fourth-order valence-electron chi connectivity index (χ4n) is 3.52. The highest BCUT2D eigenvalue weighted by Crippen LogP contribution is 2.43. The molecule has 0 aromatic carbocycles. The molecular formula is C14H24N2O5S. The zero-order chi connectivity index (χ0) is 16.5. The lowest BCUT2D eigenvalue weighted by Crippen LogP contribution is -2.43. The molecule has 2 rings (SSSR count). The molecule has 0 unspecified atom stereocenters. The monoisotopic (exact) mass is 332 g/mol. The first kappa shape index (κ1) is 17.2. The Balaban J connectivity index is 1.95. The van der Waals surface area contributed by atoms with E-state index in [-0.39, 0.29) is 17.1 Å². The number of rotatable bonds is 4. The van der Waals surface area contributed by atoms with Gasteiger partial charge in [-0.1, -0.05) is 0 Å². The quantitative estimate of drug-likeness (QED) is 0.767.